The summed E-state index contributed by atoms with van der Waals surface area (Å²) in [6, 6.07) is 0. The number of likely N-dealkylation sites (N-methyl/N-ethyl adjacent to an activating group) is 1. The summed E-state index contributed by atoms with van der Waals surface area (Å²) in [4.78, 5) is 11.9. The number of nitrogens with zero attached hydrogens (tertiary/aromatic N) is 1. The molecule has 0 spiro atoms. The first-order valence-electron chi connectivity index (χ1n) is 13.6. The molecule has 31 heavy (non-hydrogen) atoms. The molecule has 0 heterocycles. The van der Waals surface area contributed by atoms with Crippen LogP contribution in [0.1, 0.15) is 129 Å². The van der Waals surface area contributed by atoms with Gasteiger partial charge in [-0.3, -0.25) is 4.79 Å². The van der Waals surface area contributed by atoms with Crippen LogP contribution in [-0.4, -0.2) is 51.0 Å². The van der Waals surface area contributed by atoms with Gasteiger partial charge in [-0.05, 0) is 12.8 Å². The molecular weight excluding hydrogens is 386 g/mol. The van der Waals surface area contributed by atoms with E-state index in [1.54, 1.807) is 0 Å². The van der Waals surface area contributed by atoms with Gasteiger partial charge in [-0.2, -0.15) is 0 Å². The van der Waals surface area contributed by atoms with Crippen molar-refractivity contribution in [2.24, 2.45) is 0 Å². The fraction of sp³-hybridized carbons (Fsp3) is 0.963. The topological polar surface area (TPSA) is 35.5 Å². The molecular formula is C27H56NO3+. The molecule has 0 atom stereocenters. The Morgan fingerprint density at radius 2 is 1.06 bits per heavy atom. The van der Waals surface area contributed by atoms with Gasteiger partial charge in [0.05, 0.1) is 20.7 Å². The third-order valence-electron chi connectivity index (χ3n) is 6.03. The van der Waals surface area contributed by atoms with Gasteiger partial charge in [-0.25, -0.2) is 0 Å². The summed E-state index contributed by atoms with van der Waals surface area (Å²) >= 11 is 0. The molecule has 0 aromatic carbocycles. The van der Waals surface area contributed by atoms with Crippen molar-refractivity contribution in [1.29, 1.82) is 0 Å². The van der Waals surface area contributed by atoms with Crippen LogP contribution in [0.2, 0.25) is 0 Å². The van der Waals surface area contributed by atoms with E-state index >= 15 is 0 Å². The van der Waals surface area contributed by atoms with Crippen LogP contribution in [0.3, 0.4) is 0 Å². The maximum atomic E-state index is 11.9. The lowest BCUT2D eigenvalue weighted by atomic mass is 10.1. The molecule has 4 nitrogen and oxygen atoms in total. The molecule has 0 unspecified atom stereocenters. The standard InChI is InChI=1S/C27H56NO3/c1-5-7-9-11-13-14-15-17-19-21-24-30-26-28(3,4)23-25-31-27(29)22-20-18-16-12-10-8-6-2/h5-26H2,1-4H3/q+1. The third-order valence-corrected chi connectivity index (χ3v) is 6.03. The third kappa shape index (κ3) is 23.9. The quantitative estimate of drug-likeness (QED) is 0.0666. The second-order valence-corrected chi connectivity index (χ2v) is 9.97. The molecule has 0 saturated carbocycles. The number of ether oxygens (including phenoxy) is 2. The molecule has 0 saturated heterocycles. The summed E-state index contributed by atoms with van der Waals surface area (Å²) in [7, 11) is 4.28. The van der Waals surface area contributed by atoms with Gasteiger partial charge in [0.25, 0.3) is 0 Å². The van der Waals surface area contributed by atoms with E-state index in [2.05, 4.69) is 27.9 Å². The largest absolute Gasteiger partial charge is 0.460 e. The first kappa shape index (κ1) is 30.4. The van der Waals surface area contributed by atoms with E-state index in [1.807, 2.05) is 0 Å². The number of carbonyl (C=O) groups excluding carboxylic acids is 1. The van der Waals surface area contributed by atoms with E-state index in [-0.39, 0.29) is 5.97 Å². The van der Waals surface area contributed by atoms with Crippen molar-refractivity contribution in [3.63, 3.8) is 0 Å². The van der Waals surface area contributed by atoms with Crippen molar-refractivity contribution in [2.75, 3.05) is 40.6 Å². The Balaban J connectivity index is 3.45. The fourth-order valence-electron chi connectivity index (χ4n) is 3.77. The molecule has 0 amide bonds. The highest BCUT2D eigenvalue weighted by Crippen LogP contribution is 2.11. The lowest BCUT2D eigenvalue weighted by Crippen LogP contribution is -2.44. The molecule has 0 fully saturated rings. The number of carbonyl (C=O) groups is 1. The number of unbranched alkanes of at least 4 members (excludes halogenated alkanes) is 15. The summed E-state index contributed by atoms with van der Waals surface area (Å²) in [6.45, 7) is 7.34. The highest BCUT2D eigenvalue weighted by atomic mass is 16.5. The van der Waals surface area contributed by atoms with E-state index < -0.39 is 0 Å². The molecule has 186 valence electrons. The minimum atomic E-state index is -0.0418. The van der Waals surface area contributed by atoms with E-state index in [4.69, 9.17) is 9.47 Å². The van der Waals surface area contributed by atoms with Crippen LogP contribution in [0.5, 0.6) is 0 Å². The Morgan fingerprint density at radius 1 is 0.613 bits per heavy atom. The molecule has 0 bridgehead atoms. The number of esters is 1. The van der Waals surface area contributed by atoms with Gasteiger partial charge < -0.3 is 14.0 Å². The molecule has 0 rings (SSSR count). The minimum Gasteiger partial charge on any atom is -0.460 e. The van der Waals surface area contributed by atoms with Gasteiger partial charge in [-0.1, -0.05) is 110 Å². The highest BCUT2D eigenvalue weighted by Gasteiger charge is 2.16. The number of rotatable bonds is 24. The van der Waals surface area contributed by atoms with E-state index in [0.717, 1.165) is 36.9 Å². The Morgan fingerprint density at radius 3 is 1.58 bits per heavy atom. The Hall–Kier alpha value is -0.610. The molecule has 0 aromatic rings. The van der Waals surface area contributed by atoms with Crippen LogP contribution >= 0.6 is 0 Å². The number of quaternary nitrogens is 1. The van der Waals surface area contributed by atoms with Crippen molar-refractivity contribution in [3.05, 3.63) is 0 Å². The van der Waals surface area contributed by atoms with Crippen LogP contribution in [0.15, 0.2) is 0 Å². The fourth-order valence-corrected chi connectivity index (χ4v) is 3.77. The zero-order valence-electron chi connectivity index (χ0n) is 21.7. The summed E-state index contributed by atoms with van der Waals surface area (Å²) in [5.41, 5.74) is 0. The van der Waals surface area contributed by atoms with Gasteiger partial charge >= 0.3 is 5.97 Å². The Bertz CT molecular complexity index is 385. The van der Waals surface area contributed by atoms with Gasteiger partial charge in [0.2, 0.25) is 0 Å². The van der Waals surface area contributed by atoms with Crippen LogP contribution in [0, 0.1) is 0 Å². The Kier molecular flexibility index (Phi) is 22.1. The second-order valence-electron chi connectivity index (χ2n) is 9.97. The first-order chi connectivity index (χ1) is 15.0. The zero-order valence-corrected chi connectivity index (χ0v) is 21.7. The predicted octanol–water partition coefficient (Wildman–Crippen LogP) is 7.64. The molecule has 0 aliphatic rings. The number of hydrogen-bond donors (Lipinski definition) is 0. The molecule has 0 aliphatic heterocycles. The normalized spacial score (nSPS) is 11.7. The maximum Gasteiger partial charge on any atom is 0.305 e. The summed E-state index contributed by atoms with van der Waals surface area (Å²) in [6.07, 6.45) is 22.7. The second kappa shape index (κ2) is 22.6. The Labute approximate surface area is 195 Å². The van der Waals surface area contributed by atoms with Crippen LogP contribution in [-0.2, 0) is 14.3 Å². The predicted molar refractivity (Wildman–Crippen MR) is 133 cm³/mol. The van der Waals surface area contributed by atoms with Crippen molar-refractivity contribution in [1.82, 2.24) is 0 Å². The van der Waals surface area contributed by atoms with Crippen molar-refractivity contribution < 1.29 is 18.8 Å². The molecule has 0 aliphatic carbocycles. The monoisotopic (exact) mass is 442 g/mol. The first-order valence-corrected chi connectivity index (χ1v) is 13.6. The van der Waals surface area contributed by atoms with Crippen LogP contribution in [0.25, 0.3) is 0 Å². The smallest absolute Gasteiger partial charge is 0.305 e. The lowest BCUT2D eigenvalue weighted by molar-refractivity contribution is -0.909. The van der Waals surface area contributed by atoms with Crippen molar-refractivity contribution in [3.8, 4) is 0 Å². The molecule has 4 heteroatoms. The average Bonchev–Trinajstić information content (AvgIpc) is 2.73. The zero-order chi connectivity index (χ0) is 23.0. The average molecular weight is 443 g/mol. The minimum absolute atomic E-state index is 0.0418. The van der Waals surface area contributed by atoms with E-state index in [1.165, 1.54) is 89.9 Å². The van der Waals surface area contributed by atoms with Gasteiger partial charge in [0, 0.05) is 6.42 Å². The summed E-state index contributed by atoms with van der Waals surface area (Å²) < 4.78 is 12.0. The lowest BCUT2D eigenvalue weighted by Gasteiger charge is -2.28. The van der Waals surface area contributed by atoms with Crippen molar-refractivity contribution in [2.45, 2.75) is 129 Å². The SMILES string of the molecule is CCCCCCCCCCCCOC[N+](C)(C)CCOC(=O)CCCCCCCCC. The molecule has 0 N–H and O–H groups in total. The molecule has 0 radical (unpaired) electrons. The van der Waals surface area contributed by atoms with Crippen LogP contribution < -0.4 is 0 Å². The van der Waals surface area contributed by atoms with Gasteiger partial charge in [0.1, 0.15) is 13.2 Å². The van der Waals surface area contributed by atoms with E-state index in [0.29, 0.717) is 19.8 Å². The van der Waals surface area contributed by atoms with Crippen molar-refractivity contribution >= 4 is 5.97 Å². The highest BCUT2D eigenvalue weighted by molar-refractivity contribution is 5.69. The summed E-state index contributed by atoms with van der Waals surface area (Å²) in [5, 5.41) is 0. The maximum absolute atomic E-state index is 11.9. The van der Waals surface area contributed by atoms with E-state index in [9.17, 15) is 4.79 Å². The van der Waals surface area contributed by atoms with Gasteiger partial charge in [-0.15, -0.1) is 0 Å². The van der Waals surface area contributed by atoms with Gasteiger partial charge in [0.15, 0.2) is 6.73 Å². The number of hydrogen-bond acceptors (Lipinski definition) is 3. The molecule has 0 aromatic heterocycles. The summed E-state index contributed by atoms with van der Waals surface area (Å²) in [5.74, 6) is -0.0418. The van der Waals surface area contributed by atoms with Crippen LogP contribution in [0.4, 0.5) is 0 Å².